The van der Waals surface area contributed by atoms with Crippen molar-refractivity contribution >= 4 is 17.8 Å². The van der Waals surface area contributed by atoms with Gasteiger partial charge in [0.15, 0.2) is 0 Å². The molecule has 2 heterocycles. The first-order chi connectivity index (χ1) is 12.0. The summed E-state index contributed by atoms with van der Waals surface area (Å²) in [5, 5.41) is 2.70. The zero-order valence-corrected chi connectivity index (χ0v) is 14.0. The fraction of sp³-hybridized carbons (Fsp3) is 0.278. The third kappa shape index (κ3) is 3.45. The minimum Gasteiger partial charge on any atom is -0.453 e. The van der Waals surface area contributed by atoms with Gasteiger partial charge in [0.05, 0.1) is 7.11 Å². The smallest absolute Gasteiger partial charge is 0.410 e. The number of hydrogen-bond donors (Lipinski definition) is 1. The van der Waals surface area contributed by atoms with E-state index in [4.69, 9.17) is 4.74 Å². The quantitative estimate of drug-likeness (QED) is 0.910. The lowest BCUT2D eigenvalue weighted by Gasteiger charge is -2.35. The van der Waals surface area contributed by atoms with Crippen molar-refractivity contribution in [1.29, 1.82) is 0 Å². The molecule has 0 bridgehead atoms. The van der Waals surface area contributed by atoms with Crippen LogP contribution >= 0.6 is 0 Å². The van der Waals surface area contributed by atoms with Gasteiger partial charge in [0.1, 0.15) is 17.7 Å². The molecule has 0 fully saturated rings. The molecule has 1 aromatic carbocycles. The summed E-state index contributed by atoms with van der Waals surface area (Å²) in [5.74, 6) is -0.551. The van der Waals surface area contributed by atoms with E-state index < -0.39 is 23.9 Å². The normalized spacial score (nSPS) is 16.1. The van der Waals surface area contributed by atoms with Crippen molar-refractivity contribution in [2.45, 2.75) is 19.4 Å². The van der Waals surface area contributed by atoms with E-state index in [1.807, 2.05) is 13.0 Å². The van der Waals surface area contributed by atoms with E-state index in [1.165, 1.54) is 24.1 Å². The Balaban J connectivity index is 1.97. The first-order valence-corrected chi connectivity index (χ1v) is 7.87. The molecule has 6 nitrogen and oxygen atoms in total. The van der Waals surface area contributed by atoms with Gasteiger partial charge in [-0.1, -0.05) is 12.1 Å². The highest BCUT2D eigenvalue weighted by molar-refractivity contribution is 5.97. The van der Waals surface area contributed by atoms with Crippen LogP contribution in [0.5, 0.6) is 0 Å². The zero-order chi connectivity index (χ0) is 18.0. The number of anilines is 1. The number of amides is 2. The van der Waals surface area contributed by atoms with Gasteiger partial charge in [-0.05, 0) is 48.7 Å². The van der Waals surface area contributed by atoms with E-state index in [9.17, 15) is 14.0 Å². The van der Waals surface area contributed by atoms with Gasteiger partial charge in [-0.3, -0.25) is 9.69 Å². The average Bonchev–Trinajstić information content (AvgIpc) is 2.59. The Morgan fingerprint density at radius 2 is 2.12 bits per heavy atom. The van der Waals surface area contributed by atoms with Gasteiger partial charge in [0.25, 0.3) is 5.91 Å². The average molecular weight is 343 g/mol. The number of nitrogens with one attached hydrogen (secondary N) is 1. The number of carbonyl (C=O) groups is 2. The molecular formula is C18H18FN3O3. The molecule has 1 atom stereocenters. The lowest BCUT2D eigenvalue weighted by atomic mass is 9.92. The highest BCUT2D eigenvalue weighted by Crippen LogP contribution is 2.32. The molecule has 1 unspecified atom stereocenters. The predicted octanol–water partition coefficient (Wildman–Crippen LogP) is 2.83. The van der Waals surface area contributed by atoms with Gasteiger partial charge in [-0.2, -0.15) is 0 Å². The van der Waals surface area contributed by atoms with E-state index in [1.54, 1.807) is 18.2 Å². The topological polar surface area (TPSA) is 71.5 Å². The maximum absolute atomic E-state index is 13.7. The first kappa shape index (κ1) is 16.9. The molecule has 0 saturated heterocycles. The Labute approximate surface area is 144 Å². The van der Waals surface area contributed by atoms with Crippen molar-refractivity contribution in [2.24, 2.45) is 0 Å². The van der Waals surface area contributed by atoms with Crippen LogP contribution in [-0.4, -0.2) is 35.5 Å². The van der Waals surface area contributed by atoms with Crippen LogP contribution in [0.1, 0.15) is 22.9 Å². The Morgan fingerprint density at radius 1 is 1.32 bits per heavy atom. The summed E-state index contributed by atoms with van der Waals surface area (Å²) in [6, 6.07) is 8.54. The van der Waals surface area contributed by atoms with E-state index >= 15 is 0 Å². The second-order valence-electron chi connectivity index (χ2n) is 5.81. The first-order valence-electron chi connectivity index (χ1n) is 7.87. The number of carbonyl (C=O) groups excluding carboxylic acids is 2. The Hall–Kier alpha value is -2.96. The van der Waals surface area contributed by atoms with Gasteiger partial charge in [0, 0.05) is 12.2 Å². The molecule has 7 heteroatoms. The van der Waals surface area contributed by atoms with Crippen LogP contribution in [0.25, 0.3) is 0 Å². The van der Waals surface area contributed by atoms with Gasteiger partial charge >= 0.3 is 6.09 Å². The fourth-order valence-electron chi connectivity index (χ4n) is 2.99. The van der Waals surface area contributed by atoms with Crippen LogP contribution in [0.2, 0.25) is 0 Å². The number of rotatable bonds is 2. The number of pyridine rings is 1. The summed E-state index contributed by atoms with van der Waals surface area (Å²) in [6.07, 6.45) is -0.107. The number of hydrogen-bond acceptors (Lipinski definition) is 4. The molecule has 2 amide bonds. The molecule has 1 aromatic heterocycles. The molecule has 2 aromatic rings. The van der Waals surface area contributed by atoms with Gasteiger partial charge < -0.3 is 10.1 Å². The molecule has 1 N–H and O–H groups in total. The van der Waals surface area contributed by atoms with Crippen LogP contribution < -0.4 is 5.32 Å². The number of fused-ring (bicyclic) bond motifs is 1. The second-order valence-corrected chi connectivity index (χ2v) is 5.81. The zero-order valence-electron chi connectivity index (χ0n) is 14.0. The lowest BCUT2D eigenvalue weighted by molar-refractivity contribution is -0.121. The SMILES string of the molecule is COC(=O)N1CCc2ccc(F)cc2C1C(=O)Nc1cccc(C)n1. The molecule has 25 heavy (non-hydrogen) atoms. The van der Waals surface area contributed by atoms with Crippen molar-refractivity contribution < 1.29 is 18.7 Å². The summed E-state index contributed by atoms with van der Waals surface area (Å²) >= 11 is 0. The van der Waals surface area contributed by atoms with E-state index in [0.717, 1.165) is 11.3 Å². The van der Waals surface area contributed by atoms with Crippen LogP contribution in [0, 0.1) is 12.7 Å². The largest absolute Gasteiger partial charge is 0.453 e. The summed E-state index contributed by atoms with van der Waals surface area (Å²) in [6.45, 7) is 2.12. The van der Waals surface area contributed by atoms with Crippen LogP contribution in [0.4, 0.5) is 15.0 Å². The van der Waals surface area contributed by atoms with Crippen LogP contribution in [-0.2, 0) is 16.0 Å². The number of methoxy groups -OCH3 is 1. The minimum atomic E-state index is -0.978. The maximum Gasteiger partial charge on any atom is 0.410 e. The highest BCUT2D eigenvalue weighted by atomic mass is 19.1. The predicted molar refractivity (Wildman–Crippen MR) is 89.6 cm³/mol. The Kier molecular flexibility index (Phi) is 4.65. The number of ether oxygens (including phenoxy) is 1. The number of aryl methyl sites for hydroxylation is 1. The third-order valence-electron chi connectivity index (χ3n) is 4.13. The van der Waals surface area contributed by atoms with Crippen LogP contribution in [0.3, 0.4) is 0 Å². The van der Waals surface area contributed by atoms with Gasteiger partial charge in [-0.15, -0.1) is 0 Å². The third-order valence-corrected chi connectivity index (χ3v) is 4.13. The molecule has 1 aliphatic rings. The van der Waals surface area contributed by atoms with Crippen molar-refractivity contribution in [3.8, 4) is 0 Å². The van der Waals surface area contributed by atoms with Crippen molar-refractivity contribution in [3.05, 3.63) is 59.0 Å². The minimum absolute atomic E-state index is 0.310. The number of benzene rings is 1. The molecular weight excluding hydrogens is 325 g/mol. The van der Waals surface area contributed by atoms with Gasteiger partial charge in [-0.25, -0.2) is 14.2 Å². The standard InChI is InChI=1S/C18H18FN3O3/c1-11-4-3-5-15(20-11)21-17(23)16-14-10-13(19)7-6-12(14)8-9-22(16)18(24)25-2/h3-7,10,16H,8-9H2,1-2H3,(H,20,21,23). The Bertz CT molecular complexity index is 825. The summed E-state index contributed by atoms with van der Waals surface area (Å²) in [7, 11) is 1.25. The van der Waals surface area contributed by atoms with E-state index in [0.29, 0.717) is 24.3 Å². The maximum atomic E-state index is 13.7. The molecule has 130 valence electrons. The van der Waals surface area contributed by atoms with E-state index in [-0.39, 0.29) is 0 Å². The number of halogens is 1. The van der Waals surface area contributed by atoms with Crippen molar-refractivity contribution in [2.75, 3.05) is 19.0 Å². The summed E-state index contributed by atoms with van der Waals surface area (Å²) < 4.78 is 18.5. The highest BCUT2D eigenvalue weighted by Gasteiger charge is 2.37. The van der Waals surface area contributed by atoms with E-state index in [2.05, 4.69) is 10.3 Å². The second kappa shape index (κ2) is 6.88. The molecule has 0 spiro atoms. The number of aromatic nitrogens is 1. The van der Waals surface area contributed by atoms with Crippen molar-refractivity contribution in [3.63, 3.8) is 0 Å². The summed E-state index contributed by atoms with van der Waals surface area (Å²) in [5.41, 5.74) is 2.04. The van der Waals surface area contributed by atoms with Gasteiger partial charge in [0.2, 0.25) is 0 Å². The monoisotopic (exact) mass is 343 g/mol. The molecule has 3 rings (SSSR count). The fourth-order valence-corrected chi connectivity index (χ4v) is 2.99. The number of nitrogens with zero attached hydrogens (tertiary/aromatic N) is 2. The molecule has 0 saturated carbocycles. The van der Waals surface area contributed by atoms with Crippen molar-refractivity contribution in [1.82, 2.24) is 9.88 Å². The molecule has 1 aliphatic heterocycles. The summed E-state index contributed by atoms with van der Waals surface area (Å²) in [4.78, 5) is 30.5. The molecule has 0 radical (unpaired) electrons. The lowest BCUT2D eigenvalue weighted by Crippen LogP contribution is -2.45. The Morgan fingerprint density at radius 3 is 2.84 bits per heavy atom. The van der Waals surface area contributed by atoms with Crippen LogP contribution in [0.15, 0.2) is 36.4 Å². The molecule has 0 aliphatic carbocycles.